The first-order valence-electron chi connectivity index (χ1n) is 4.56. The van der Waals surface area contributed by atoms with Gasteiger partial charge in [-0.15, -0.1) is 11.3 Å². The van der Waals surface area contributed by atoms with E-state index in [2.05, 4.69) is 18.4 Å². The Bertz CT molecular complexity index is 263. The van der Waals surface area contributed by atoms with Crippen molar-refractivity contribution in [2.75, 3.05) is 0 Å². The van der Waals surface area contributed by atoms with Gasteiger partial charge in [0.15, 0.2) is 0 Å². The molecule has 0 bridgehead atoms. The highest BCUT2D eigenvalue weighted by Gasteiger charge is 2.24. The van der Waals surface area contributed by atoms with Crippen LogP contribution in [0, 0.1) is 12.8 Å². The molecule has 2 N–H and O–H groups in total. The molecule has 0 saturated heterocycles. The molecule has 2 heteroatoms. The molecule has 1 aliphatic carbocycles. The number of rotatable bonds is 3. The van der Waals surface area contributed by atoms with Crippen molar-refractivity contribution in [3.63, 3.8) is 0 Å². The minimum absolute atomic E-state index is 0.302. The second kappa shape index (κ2) is 3.19. The van der Waals surface area contributed by atoms with Gasteiger partial charge in [-0.3, -0.25) is 0 Å². The molecule has 1 aromatic heterocycles. The summed E-state index contributed by atoms with van der Waals surface area (Å²) < 4.78 is 0. The van der Waals surface area contributed by atoms with E-state index in [1.807, 2.05) is 0 Å². The summed E-state index contributed by atoms with van der Waals surface area (Å²) in [5, 5.41) is 2.18. The molecule has 1 aliphatic rings. The topological polar surface area (TPSA) is 26.0 Å². The molecule has 2 rings (SSSR count). The standard InChI is InChI=1S/C10H15NS/c1-7-4-10(12-6-7)9(11)5-8-2-3-8/h4,6,8-9H,2-3,5,11H2,1H3. The highest BCUT2D eigenvalue weighted by atomic mass is 32.1. The predicted molar refractivity (Wildman–Crippen MR) is 53.3 cm³/mol. The average Bonchev–Trinajstić information content (AvgIpc) is 2.72. The molecule has 1 atom stereocenters. The fraction of sp³-hybridized carbons (Fsp3) is 0.600. The monoisotopic (exact) mass is 181 g/mol. The average molecular weight is 181 g/mol. The summed E-state index contributed by atoms with van der Waals surface area (Å²) in [5.74, 6) is 0.933. The molecule has 1 nitrogen and oxygen atoms in total. The molecular weight excluding hydrogens is 166 g/mol. The molecule has 0 amide bonds. The van der Waals surface area contributed by atoms with Gasteiger partial charge in [-0.1, -0.05) is 12.8 Å². The molecule has 0 radical (unpaired) electrons. The van der Waals surface area contributed by atoms with Crippen LogP contribution >= 0.6 is 11.3 Å². The number of thiophene rings is 1. The second-order valence-electron chi connectivity index (χ2n) is 3.81. The first-order chi connectivity index (χ1) is 5.75. The van der Waals surface area contributed by atoms with Crippen molar-refractivity contribution in [1.82, 2.24) is 0 Å². The van der Waals surface area contributed by atoms with Crippen LogP contribution in [-0.4, -0.2) is 0 Å². The maximum absolute atomic E-state index is 6.06. The van der Waals surface area contributed by atoms with Crippen molar-refractivity contribution in [3.8, 4) is 0 Å². The number of nitrogens with two attached hydrogens (primary N) is 1. The minimum atomic E-state index is 0.302. The maximum atomic E-state index is 6.06. The van der Waals surface area contributed by atoms with E-state index in [9.17, 15) is 0 Å². The summed E-state index contributed by atoms with van der Waals surface area (Å²) in [4.78, 5) is 1.36. The van der Waals surface area contributed by atoms with E-state index >= 15 is 0 Å². The first kappa shape index (κ1) is 8.27. The van der Waals surface area contributed by atoms with Gasteiger partial charge < -0.3 is 5.73 Å². The van der Waals surface area contributed by atoms with E-state index < -0.39 is 0 Å². The van der Waals surface area contributed by atoms with E-state index in [1.54, 1.807) is 11.3 Å². The number of aryl methyl sites for hydroxylation is 1. The normalized spacial score (nSPS) is 19.5. The summed E-state index contributed by atoms with van der Waals surface area (Å²) in [7, 11) is 0. The van der Waals surface area contributed by atoms with Gasteiger partial charge >= 0.3 is 0 Å². The van der Waals surface area contributed by atoms with Crippen LogP contribution in [0.1, 0.15) is 35.7 Å². The molecule has 0 aliphatic heterocycles. The van der Waals surface area contributed by atoms with Crippen LogP contribution in [0.2, 0.25) is 0 Å². The van der Waals surface area contributed by atoms with Gasteiger partial charge in [-0.2, -0.15) is 0 Å². The maximum Gasteiger partial charge on any atom is 0.0392 e. The fourth-order valence-electron chi connectivity index (χ4n) is 1.48. The zero-order valence-electron chi connectivity index (χ0n) is 7.42. The van der Waals surface area contributed by atoms with Crippen LogP contribution in [0.5, 0.6) is 0 Å². The van der Waals surface area contributed by atoms with E-state index in [0.717, 1.165) is 5.92 Å². The third kappa shape index (κ3) is 1.87. The van der Waals surface area contributed by atoms with Gasteiger partial charge in [0.25, 0.3) is 0 Å². The number of hydrogen-bond acceptors (Lipinski definition) is 2. The summed E-state index contributed by atoms with van der Waals surface area (Å²) in [6.07, 6.45) is 4.00. The third-order valence-corrected chi connectivity index (χ3v) is 3.58. The lowest BCUT2D eigenvalue weighted by atomic mass is 10.1. The Labute approximate surface area is 77.6 Å². The zero-order chi connectivity index (χ0) is 8.55. The molecule has 1 unspecified atom stereocenters. The van der Waals surface area contributed by atoms with Crippen molar-refractivity contribution in [2.24, 2.45) is 11.7 Å². The van der Waals surface area contributed by atoms with Crippen LogP contribution in [0.25, 0.3) is 0 Å². The Morgan fingerprint density at radius 2 is 2.42 bits per heavy atom. The van der Waals surface area contributed by atoms with E-state index in [4.69, 9.17) is 5.73 Å². The Balaban J connectivity index is 1.97. The van der Waals surface area contributed by atoms with Gasteiger partial charge in [0.1, 0.15) is 0 Å². The lowest BCUT2D eigenvalue weighted by Gasteiger charge is -2.07. The summed E-state index contributed by atoms with van der Waals surface area (Å²) in [5.41, 5.74) is 7.41. The Kier molecular flexibility index (Phi) is 2.20. The van der Waals surface area contributed by atoms with Crippen molar-refractivity contribution < 1.29 is 0 Å². The largest absolute Gasteiger partial charge is 0.323 e. The zero-order valence-corrected chi connectivity index (χ0v) is 8.23. The smallest absolute Gasteiger partial charge is 0.0392 e. The predicted octanol–water partition coefficient (Wildman–Crippen LogP) is 2.86. The van der Waals surface area contributed by atoms with E-state index in [1.165, 1.54) is 29.7 Å². The molecule has 12 heavy (non-hydrogen) atoms. The second-order valence-corrected chi connectivity index (χ2v) is 4.75. The summed E-state index contributed by atoms with van der Waals surface area (Å²) >= 11 is 1.80. The van der Waals surface area contributed by atoms with Crippen molar-refractivity contribution >= 4 is 11.3 Å². The van der Waals surface area contributed by atoms with Crippen molar-refractivity contribution in [1.29, 1.82) is 0 Å². The molecule has 1 fully saturated rings. The van der Waals surface area contributed by atoms with Gasteiger partial charge in [0.05, 0.1) is 0 Å². The molecule has 1 aromatic rings. The fourth-order valence-corrected chi connectivity index (χ4v) is 2.39. The summed E-state index contributed by atoms with van der Waals surface area (Å²) in [6.45, 7) is 2.13. The molecule has 1 heterocycles. The molecular formula is C10H15NS. The first-order valence-corrected chi connectivity index (χ1v) is 5.44. The minimum Gasteiger partial charge on any atom is -0.323 e. The van der Waals surface area contributed by atoms with E-state index in [-0.39, 0.29) is 0 Å². The Hall–Kier alpha value is -0.340. The van der Waals surface area contributed by atoms with Gasteiger partial charge in [0, 0.05) is 10.9 Å². The highest BCUT2D eigenvalue weighted by molar-refractivity contribution is 7.10. The molecule has 0 spiro atoms. The molecule has 0 aromatic carbocycles. The molecule has 66 valence electrons. The molecule has 1 saturated carbocycles. The Morgan fingerprint density at radius 3 is 2.92 bits per heavy atom. The van der Waals surface area contributed by atoms with Crippen molar-refractivity contribution in [2.45, 2.75) is 32.2 Å². The Morgan fingerprint density at radius 1 is 1.67 bits per heavy atom. The SMILES string of the molecule is Cc1csc(C(N)CC2CC2)c1. The van der Waals surface area contributed by atoms with Crippen LogP contribution in [0.15, 0.2) is 11.4 Å². The van der Waals surface area contributed by atoms with Gasteiger partial charge in [-0.25, -0.2) is 0 Å². The van der Waals surface area contributed by atoms with Crippen molar-refractivity contribution in [3.05, 3.63) is 21.9 Å². The van der Waals surface area contributed by atoms with Gasteiger partial charge in [0.2, 0.25) is 0 Å². The third-order valence-electron chi connectivity index (χ3n) is 2.40. The highest BCUT2D eigenvalue weighted by Crippen LogP contribution is 2.37. The quantitative estimate of drug-likeness (QED) is 0.762. The van der Waals surface area contributed by atoms with Crippen LogP contribution in [-0.2, 0) is 0 Å². The van der Waals surface area contributed by atoms with E-state index in [0.29, 0.717) is 6.04 Å². The lowest BCUT2D eigenvalue weighted by Crippen LogP contribution is -2.08. The summed E-state index contributed by atoms with van der Waals surface area (Å²) in [6, 6.07) is 2.52. The number of hydrogen-bond donors (Lipinski definition) is 1. The van der Waals surface area contributed by atoms with Crippen LogP contribution < -0.4 is 5.73 Å². The van der Waals surface area contributed by atoms with Gasteiger partial charge in [-0.05, 0) is 36.3 Å². The van der Waals surface area contributed by atoms with Crippen LogP contribution in [0.4, 0.5) is 0 Å². The van der Waals surface area contributed by atoms with Crippen LogP contribution in [0.3, 0.4) is 0 Å². The lowest BCUT2D eigenvalue weighted by molar-refractivity contribution is 0.605.